The average molecular weight is 170 g/mol. The zero-order chi connectivity index (χ0) is 9.40. The lowest BCUT2D eigenvalue weighted by Crippen LogP contribution is -2.29. The number of carbonyl (C=O) groups is 1. The van der Waals surface area contributed by atoms with Crippen LogP contribution in [0.15, 0.2) is 12.7 Å². The molecular formula is C9H16NO2. The van der Waals surface area contributed by atoms with Gasteiger partial charge < -0.3 is 4.90 Å². The SMILES string of the molecule is C=CCN(CCCCC)C([O])=O. The molecule has 0 aromatic rings. The maximum absolute atomic E-state index is 10.5. The first-order chi connectivity index (χ1) is 5.72. The van der Waals surface area contributed by atoms with Crippen molar-refractivity contribution in [3.8, 4) is 0 Å². The topological polar surface area (TPSA) is 40.2 Å². The molecule has 0 bridgehead atoms. The van der Waals surface area contributed by atoms with Crippen molar-refractivity contribution in [1.29, 1.82) is 0 Å². The largest absolute Gasteiger partial charge is 0.453 e. The summed E-state index contributed by atoms with van der Waals surface area (Å²) in [5.74, 6) is 0. The lowest BCUT2D eigenvalue weighted by Gasteiger charge is -2.14. The highest BCUT2D eigenvalue weighted by atomic mass is 16.4. The predicted octanol–water partition coefficient (Wildman–Crippen LogP) is 2.22. The quantitative estimate of drug-likeness (QED) is 0.445. The van der Waals surface area contributed by atoms with Gasteiger partial charge in [-0.25, -0.2) is 9.90 Å². The van der Waals surface area contributed by atoms with E-state index in [2.05, 4.69) is 13.5 Å². The lowest BCUT2D eigenvalue weighted by atomic mass is 10.2. The van der Waals surface area contributed by atoms with Gasteiger partial charge >= 0.3 is 6.09 Å². The van der Waals surface area contributed by atoms with Crippen molar-refractivity contribution >= 4 is 6.09 Å². The molecule has 0 atom stereocenters. The molecule has 3 heteroatoms. The van der Waals surface area contributed by atoms with Gasteiger partial charge in [-0.15, -0.1) is 6.58 Å². The molecule has 3 nitrogen and oxygen atoms in total. The number of hydrogen-bond donors (Lipinski definition) is 0. The van der Waals surface area contributed by atoms with Crippen LogP contribution in [0.2, 0.25) is 0 Å². The number of carbonyl (C=O) groups excluding carboxylic acids is 1. The van der Waals surface area contributed by atoms with E-state index in [4.69, 9.17) is 0 Å². The second-order valence-electron chi connectivity index (χ2n) is 2.71. The van der Waals surface area contributed by atoms with Crippen LogP contribution >= 0.6 is 0 Å². The third-order valence-corrected chi connectivity index (χ3v) is 1.64. The zero-order valence-electron chi connectivity index (χ0n) is 7.58. The van der Waals surface area contributed by atoms with E-state index in [9.17, 15) is 9.90 Å². The Morgan fingerprint density at radius 3 is 2.58 bits per heavy atom. The smallest absolute Gasteiger partial charge is 0.301 e. The molecule has 12 heavy (non-hydrogen) atoms. The first-order valence-electron chi connectivity index (χ1n) is 4.29. The van der Waals surface area contributed by atoms with Gasteiger partial charge in [-0.05, 0) is 6.42 Å². The molecule has 69 valence electrons. The van der Waals surface area contributed by atoms with Gasteiger partial charge in [0.05, 0.1) is 0 Å². The molecular weight excluding hydrogens is 154 g/mol. The maximum Gasteiger partial charge on any atom is 0.453 e. The highest BCUT2D eigenvalue weighted by Crippen LogP contribution is 1.98. The third-order valence-electron chi connectivity index (χ3n) is 1.64. The Balaban J connectivity index is 3.63. The molecule has 0 heterocycles. The number of unbranched alkanes of at least 4 members (excludes halogenated alkanes) is 2. The van der Waals surface area contributed by atoms with E-state index in [0.29, 0.717) is 13.1 Å². The summed E-state index contributed by atoms with van der Waals surface area (Å²) < 4.78 is 0. The first kappa shape index (κ1) is 11.0. The van der Waals surface area contributed by atoms with E-state index < -0.39 is 6.09 Å². The van der Waals surface area contributed by atoms with Crippen molar-refractivity contribution in [2.45, 2.75) is 26.2 Å². The van der Waals surface area contributed by atoms with Crippen molar-refractivity contribution < 1.29 is 9.90 Å². The van der Waals surface area contributed by atoms with Crippen LogP contribution in [0.3, 0.4) is 0 Å². The van der Waals surface area contributed by atoms with Crippen LogP contribution < -0.4 is 0 Å². The molecule has 0 unspecified atom stereocenters. The Kier molecular flexibility index (Phi) is 6.15. The molecule has 0 rings (SSSR count). The van der Waals surface area contributed by atoms with Crippen LogP contribution in [0.5, 0.6) is 0 Å². The maximum atomic E-state index is 10.5. The van der Waals surface area contributed by atoms with E-state index in [1.807, 2.05) is 0 Å². The van der Waals surface area contributed by atoms with E-state index in [-0.39, 0.29) is 0 Å². The molecule has 0 saturated carbocycles. The molecule has 1 amide bonds. The first-order valence-corrected chi connectivity index (χ1v) is 4.29. The van der Waals surface area contributed by atoms with Gasteiger partial charge in [-0.2, -0.15) is 0 Å². The van der Waals surface area contributed by atoms with Gasteiger partial charge in [0.15, 0.2) is 0 Å². The van der Waals surface area contributed by atoms with E-state index in [0.717, 1.165) is 19.3 Å². The summed E-state index contributed by atoms with van der Waals surface area (Å²) >= 11 is 0. The van der Waals surface area contributed by atoms with Crippen LogP contribution in [0.25, 0.3) is 0 Å². The monoisotopic (exact) mass is 170 g/mol. The second-order valence-corrected chi connectivity index (χ2v) is 2.71. The molecule has 1 radical (unpaired) electrons. The summed E-state index contributed by atoms with van der Waals surface area (Å²) in [5, 5.41) is 10.5. The standard InChI is InChI=1S/C9H16NO2/c1-3-5-6-8-10(7-4-2)9(11)12/h4H,2-3,5-8H2,1H3. The molecule has 0 aliphatic rings. The van der Waals surface area contributed by atoms with Crippen LogP contribution in [-0.2, 0) is 5.11 Å². The lowest BCUT2D eigenvalue weighted by molar-refractivity contribution is 0.123. The molecule has 0 aliphatic carbocycles. The van der Waals surface area contributed by atoms with Crippen molar-refractivity contribution in [1.82, 2.24) is 4.90 Å². The minimum Gasteiger partial charge on any atom is -0.301 e. The molecule has 0 fully saturated rings. The zero-order valence-corrected chi connectivity index (χ0v) is 7.58. The summed E-state index contributed by atoms with van der Waals surface area (Å²) in [4.78, 5) is 11.7. The predicted molar refractivity (Wildman–Crippen MR) is 47.4 cm³/mol. The number of hydrogen-bond acceptors (Lipinski definition) is 1. The van der Waals surface area contributed by atoms with Crippen molar-refractivity contribution in [3.63, 3.8) is 0 Å². The minimum atomic E-state index is -1.11. The van der Waals surface area contributed by atoms with E-state index in [1.165, 1.54) is 4.90 Å². The van der Waals surface area contributed by atoms with E-state index in [1.54, 1.807) is 6.08 Å². The fourth-order valence-corrected chi connectivity index (χ4v) is 0.966. The third kappa shape index (κ3) is 4.77. The van der Waals surface area contributed by atoms with Gasteiger partial charge in [-0.1, -0.05) is 25.8 Å². The van der Waals surface area contributed by atoms with Crippen molar-refractivity contribution in [2.75, 3.05) is 13.1 Å². The Morgan fingerprint density at radius 1 is 1.50 bits per heavy atom. The van der Waals surface area contributed by atoms with Gasteiger partial charge in [0, 0.05) is 13.1 Å². The highest BCUT2D eigenvalue weighted by Gasteiger charge is 2.09. The fourth-order valence-electron chi connectivity index (χ4n) is 0.966. The fraction of sp³-hybridized carbons (Fsp3) is 0.667. The van der Waals surface area contributed by atoms with Crippen LogP contribution in [0, 0.1) is 0 Å². The molecule has 0 aliphatic heterocycles. The number of rotatable bonds is 6. The molecule has 0 saturated heterocycles. The Labute approximate surface area is 73.7 Å². The normalized spacial score (nSPS) is 9.42. The van der Waals surface area contributed by atoms with Crippen molar-refractivity contribution in [3.05, 3.63) is 12.7 Å². The molecule has 0 spiro atoms. The molecule has 0 aromatic heterocycles. The summed E-state index contributed by atoms with van der Waals surface area (Å²) in [6.07, 6.45) is 3.52. The van der Waals surface area contributed by atoms with Gasteiger partial charge in [-0.3, -0.25) is 0 Å². The Hall–Kier alpha value is -0.990. The number of nitrogens with zero attached hydrogens (tertiary/aromatic N) is 1. The van der Waals surface area contributed by atoms with Crippen molar-refractivity contribution in [2.24, 2.45) is 0 Å². The summed E-state index contributed by atoms with van der Waals surface area (Å²) in [5.41, 5.74) is 0. The van der Waals surface area contributed by atoms with Gasteiger partial charge in [0.25, 0.3) is 0 Å². The Morgan fingerprint density at radius 2 is 2.17 bits per heavy atom. The van der Waals surface area contributed by atoms with Gasteiger partial charge in [0.1, 0.15) is 0 Å². The van der Waals surface area contributed by atoms with Crippen LogP contribution in [-0.4, -0.2) is 24.1 Å². The highest BCUT2D eigenvalue weighted by molar-refractivity contribution is 5.64. The van der Waals surface area contributed by atoms with E-state index >= 15 is 0 Å². The Bertz CT molecular complexity index is 145. The minimum absolute atomic E-state index is 0.367. The van der Waals surface area contributed by atoms with Crippen LogP contribution in [0.1, 0.15) is 26.2 Å². The average Bonchev–Trinajstić information content (AvgIpc) is 2.03. The second kappa shape index (κ2) is 6.70. The van der Waals surface area contributed by atoms with Gasteiger partial charge in [0.2, 0.25) is 0 Å². The summed E-state index contributed by atoms with van der Waals surface area (Å²) in [6, 6.07) is 0. The van der Waals surface area contributed by atoms with Crippen LogP contribution in [0.4, 0.5) is 4.79 Å². The molecule has 0 N–H and O–H groups in total. The molecule has 0 aromatic carbocycles. The summed E-state index contributed by atoms with van der Waals surface area (Å²) in [6.45, 7) is 6.48. The number of amides is 1. The summed E-state index contributed by atoms with van der Waals surface area (Å²) in [7, 11) is 0.